The molecular formula is C15H19N3O3. The van der Waals surface area contributed by atoms with E-state index in [2.05, 4.69) is 17.2 Å². The Morgan fingerprint density at radius 3 is 2.71 bits per heavy atom. The van der Waals surface area contributed by atoms with Gasteiger partial charge in [-0.05, 0) is 30.7 Å². The summed E-state index contributed by atoms with van der Waals surface area (Å²) in [5, 5.41) is 5.76. The van der Waals surface area contributed by atoms with Crippen molar-refractivity contribution in [2.24, 2.45) is 11.7 Å². The second kappa shape index (κ2) is 6.90. The summed E-state index contributed by atoms with van der Waals surface area (Å²) in [4.78, 5) is 23.2. The monoisotopic (exact) mass is 289 g/mol. The number of hydrogen-bond donors (Lipinski definition) is 3. The molecule has 6 heteroatoms. The number of primary amides is 1. The van der Waals surface area contributed by atoms with Crippen molar-refractivity contribution in [2.75, 3.05) is 18.5 Å². The Labute approximate surface area is 123 Å². The minimum absolute atomic E-state index is 0.119. The predicted octanol–water partition coefficient (Wildman–Crippen LogP) is 0.653. The second-order valence-electron chi connectivity index (χ2n) is 4.91. The molecule has 2 unspecified atom stereocenters. The van der Waals surface area contributed by atoms with Gasteiger partial charge in [0.05, 0.1) is 12.0 Å². The third-order valence-electron chi connectivity index (χ3n) is 3.33. The van der Waals surface area contributed by atoms with Gasteiger partial charge in [-0.2, -0.15) is 0 Å². The summed E-state index contributed by atoms with van der Waals surface area (Å²) in [6.07, 6.45) is 2.10. The van der Waals surface area contributed by atoms with Crippen molar-refractivity contribution in [1.82, 2.24) is 5.32 Å². The standard InChI is InChI=1S/C15H19N3O3/c1-2-7-21-12-5-3-11(4-6-12)18-15(20)10-8-13(14(16)19)17-9-10/h2-6,10,13,17H,1,7-9H2,(H2,16,19)(H,18,20). The largest absolute Gasteiger partial charge is 0.490 e. The van der Waals surface area contributed by atoms with E-state index < -0.39 is 11.9 Å². The zero-order chi connectivity index (χ0) is 15.2. The van der Waals surface area contributed by atoms with Gasteiger partial charge in [0, 0.05) is 12.2 Å². The van der Waals surface area contributed by atoms with Gasteiger partial charge in [0.1, 0.15) is 12.4 Å². The van der Waals surface area contributed by atoms with Gasteiger partial charge in [0.25, 0.3) is 0 Å². The zero-order valence-corrected chi connectivity index (χ0v) is 11.7. The maximum absolute atomic E-state index is 12.1. The third kappa shape index (κ3) is 4.06. The molecule has 0 radical (unpaired) electrons. The lowest BCUT2D eigenvalue weighted by molar-refractivity contribution is -0.120. The van der Waals surface area contributed by atoms with E-state index in [4.69, 9.17) is 10.5 Å². The number of benzene rings is 1. The van der Waals surface area contributed by atoms with E-state index in [1.807, 2.05) is 0 Å². The van der Waals surface area contributed by atoms with Gasteiger partial charge in [-0.15, -0.1) is 0 Å². The number of carbonyl (C=O) groups is 2. The molecule has 112 valence electrons. The molecular weight excluding hydrogens is 270 g/mol. The van der Waals surface area contributed by atoms with E-state index in [-0.39, 0.29) is 11.8 Å². The molecule has 0 aliphatic carbocycles. The summed E-state index contributed by atoms with van der Waals surface area (Å²) in [7, 11) is 0. The maximum atomic E-state index is 12.1. The first kappa shape index (κ1) is 15.1. The Balaban J connectivity index is 1.88. The average molecular weight is 289 g/mol. The van der Waals surface area contributed by atoms with Gasteiger partial charge in [-0.25, -0.2) is 0 Å². The molecule has 1 aromatic carbocycles. The van der Waals surface area contributed by atoms with Crippen LogP contribution in [0.4, 0.5) is 5.69 Å². The highest BCUT2D eigenvalue weighted by molar-refractivity contribution is 5.94. The molecule has 4 N–H and O–H groups in total. The van der Waals surface area contributed by atoms with Crippen LogP contribution in [0, 0.1) is 5.92 Å². The van der Waals surface area contributed by atoms with E-state index in [1.165, 1.54) is 0 Å². The summed E-state index contributed by atoms with van der Waals surface area (Å²) in [5.74, 6) is -0.0801. The summed E-state index contributed by atoms with van der Waals surface area (Å²) in [6, 6.07) is 6.67. The van der Waals surface area contributed by atoms with Crippen LogP contribution in [0.5, 0.6) is 5.75 Å². The number of carbonyl (C=O) groups excluding carboxylic acids is 2. The fourth-order valence-electron chi connectivity index (χ4n) is 2.19. The minimum Gasteiger partial charge on any atom is -0.490 e. The van der Waals surface area contributed by atoms with Crippen LogP contribution >= 0.6 is 0 Å². The molecule has 2 rings (SSSR count). The number of anilines is 1. The highest BCUT2D eigenvalue weighted by atomic mass is 16.5. The zero-order valence-electron chi connectivity index (χ0n) is 11.7. The normalized spacial score (nSPS) is 20.8. The number of rotatable bonds is 6. The molecule has 0 saturated carbocycles. The molecule has 21 heavy (non-hydrogen) atoms. The van der Waals surface area contributed by atoms with Gasteiger partial charge in [-0.1, -0.05) is 12.7 Å². The molecule has 1 aliphatic heterocycles. The lowest BCUT2D eigenvalue weighted by atomic mass is 10.0. The molecule has 6 nitrogen and oxygen atoms in total. The van der Waals surface area contributed by atoms with Crippen molar-refractivity contribution < 1.29 is 14.3 Å². The molecule has 1 aromatic rings. The molecule has 0 aromatic heterocycles. The van der Waals surface area contributed by atoms with Crippen molar-refractivity contribution in [2.45, 2.75) is 12.5 Å². The first-order valence-electron chi connectivity index (χ1n) is 6.77. The Morgan fingerprint density at radius 2 is 2.14 bits per heavy atom. The van der Waals surface area contributed by atoms with Gasteiger partial charge in [0.15, 0.2) is 0 Å². The lowest BCUT2D eigenvalue weighted by Gasteiger charge is -2.11. The Hall–Kier alpha value is -2.34. The van der Waals surface area contributed by atoms with E-state index in [0.717, 1.165) is 0 Å². The number of nitrogens with two attached hydrogens (primary N) is 1. The first-order valence-corrected chi connectivity index (χ1v) is 6.77. The van der Waals surface area contributed by atoms with Gasteiger partial charge < -0.3 is 21.1 Å². The van der Waals surface area contributed by atoms with E-state index in [1.54, 1.807) is 30.3 Å². The Bertz CT molecular complexity index is 527. The van der Waals surface area contributed by atoms with Gasteiger partial charge >= 0.3 is 0 Å². The van der Waals surface area contributed by atoms with Crippen LogP contribution in [-0.2, 0) is 9.59 Å². The van der Waals surface area contributed by atoms with Crippen LogP contribution in [0.3, 0.4) is 0 Å². The van der Waals surface area contributed by atoms with Crippen LogP contribution in [0.2, 0.25) is 0 Å². The van der Waals surface area contributed by atoms with Crippen molar-refractivity contribution in [3.8, 4) is 5.75 Å². The van der Waals surface area contributed by atoms with Crippen LogP contribution in [0.15, 0.2) is 36.9 Å². The van der Waals surface area contributed by atoms with E-state index in [9.17, 15) is 9.59 Å². The molecule has 2 amide bonds. The van der Waals surface area contributed by atoms with Crippen molar-refractivity contribution in [1.29, 1.82) is 0 Å². The third-order valence-corrected chi connectivity index (χ3v) is 3.33. The van der Waals surface area contributed by atoms with Crippen molar-refractivity contribution in [3.05, 3.63) is 36.9 Å². The van der Waals surface area contributed by atoms with Gasteiger partial charge in [-0.3, -0.25) is 9.59 Å². The number of nitrogens with one attached hydrogen (secondary N) is 2. The van der Waals surface area contributed by atoms with E-state index >= 15 is 0 Å². The van der Waals surface area contributed by atoms with E-state index in [0.29, 0.717) is 31.0 Å². The molecule has 1 saturated heterocycles. The topological polar surface area (TPSA) is 93.4 Å². The first-order chi connectivity index (χ1) is 10.1. The summed E-state index contributed by atoms with van der Waals surface area (Å²) in [5.41, 5.74) is 5.90. The fraction of sp³-hybridized carbons (Fsp3) is 0.333. The summed E-state index contributed by atoms with van der Waals surface area (Å²) >= 11 is 0. The summed E-state index contributed by atoms with van der Waals surface area (Å²) in [6.45, 7) is 4.47. The SMILES string of the molecule is C=CCOc1ccc(NC(=O)C2CNC(C(N)=O)C2)cc1. The molecule has 1 heterocycles. The smallest absolute Gasteiger partial charge is 0.234 e. The summed E-state index contributed by atoms with van der Waals surface area (Å²) < 4.78 is 5.36. The fourth-order valence-corrected chi connectivity index (χ4v) is 2.19. The predicted molar refractivity (Wildman–Crippen MR) is 79.9 cm³/mol. The highest BCUT2D eigenvalue weighted by Crippen LogP contribution is 2.19. The van der Waals surface area contributed by atoms with Crippen LogP contribution in [0.1, 0.15) is 6.42 Å². The minimum atomic E-state index is -0.422. The second-order valence-corrected chi connectivity index (χ2v) is 4.91. The van der Waals surface area contributed by atoms with Crippen molar-refractivity contribution in [3.63, 3.8) is 0 Å². The number of hydrogen-bond acceptors (Lipinski definition) is 4. The van der Waals surface area contributed by atoms with Crippen LogP contribution < -0.4 is 21.1 Å². The van der Waals surface area contributed by atoms with Crippen LogP contribution in [0.25, 0.3) is 0 Å². The molecule has 1 aliphatic rings. The molecule has 0 bridgehead atoms. The average Bonchev–Trinajstić information content (AvgIpc) is 2.97. The Morgan fingerprint density at radius 1 is 1.43 bits per heavy atom. The van der Waals surface area contributed by atoms with Crippen LogP contribution in [-0.4, -0.2) is 31.0 Å². The lowest BCUT2D eigenvalue weighted by Crippen LogP contribution is -2.36. The molecule has 0 spiro atoms. The number of ether oxygens (including phenoxy) is 1. The molecule has 2 atom stereocenters. The van der Waals surface area contributed by atoms with Crippen molar-refractivity contribution >= 4 is 17.5 Å². The highest BCUT2D eigenvalue weighted by Gasteiger charge is 2.32. The quantitative estimate of drug-likeness (QED) is 0.670. The molecule has 1 fully saturated rings. The van der Waals surface area contributed by atoms with Gasteiger partial charge in [0.2, 0.25) is 11.8 Å². The maximum Gasteiger partial charge on any atom is 0.234 e. The Kier molecular flexibility index (Phi) is 4.94. The number of amides is 2.